The average molecular weight is 202 g/mol. The molecule has 0 radical (unpaired) electrons. The van der Waals surface area contributed by atoms with Crippen molar-refractivity contribution in [3.8, 4) is 0 Å². The second-order valence-electron chi connectivity index (χ2n) is 2.65. The van der Waals surface area contributed by atoms with Crippen molar-refractivity contribution < 1.29 is 28.9 Å². The molecule has 0 bridgehead atoms. The number of rotatable bonds is 2. The third-order valence-corrected chi connectivity index (χ3v) is 1.66. The molecule has 0 heterocycles. The van der Waals surface area contributed by atoms with Gasteiger partial charge in [-0.05, 0) is 11.5 Å². The van der Waals surface area contributed by atoms with Crippen LogP contribution >= 0.6 is 0 Å². The summed E-state index contributed by atoms with van der Waals surface area (Å²) in [5.41, 5.74) is -1.10. The molecule has 1 aromatic carbocycles. The fraction of sp³-hybridized carbons (Fsp3) is 0. The SMILES string of the molecule is OB(O)c1cc(F)c(F)c(B(O)O)c1. The fourth-order valence-electron chi connectivity index (χ4n) is 0.969. The quantitative estimate of drug-likeness (QED) is 0.394. The van der Waals surface area contributed by atoms with Crippen LogP contribution in [0.5, 0.6) is 0 Å². The van der Waals surface area contributed by atoms with Gasteiger partial charge in [-0.2, -0.15) is 0 Å². The Kier molecular flexibility index (Phi) is 3.22. The van der Waals surface area contributed by atoms with Gasteiger partial charge in [-0.25, -0.2) is 8.78 Å². The Morgan fingerprint density at radius 2 is 1.50 bits per heavy atom. The van der Waals surface area contributed by atoms with Crippen LogP contribution in [-0.4, -0.2) is 34.3 Å². The maximum Gasteiger partial charge on any atom is 0.491 e. The van der Waals surface area contributed by atoms with E-state index in [9.17, 15) is 8.78 Å². The maximum atomic E-state index is 12.8. The van der Waals surface area contributed by atoms with Gasteiger partial charge in [0.1, 0.15) is 0 Å². The molecule has 0 aliphatic rings. The van der Waals surface area contributed by atoms with Gasteiger partial charge < -0.3 is 20.1 Å². The van der Waals surface area contributed by atoms with E-state index in [-0.39, 0.29) is 5.46 Å². The van der Waals surface area contributed by atoms with Crippen LogP contribution in [0.4, 0.5) is 8.78 Å². The van der Waals surface area contributed by atoms with Crippen LogP contribution in [0.1, 0.15) is 0 Å². The Hall–Kier alpha value is -0.950. The summed E-state index contributed by atoms with van der Waals surface area (Å²) >= 11 is 0. The normalized spacial score (nSPS) is 10.1. The number of benzene rings is 1. The van der Waals surface area contributed by atoms with Gasteiger partial charge in [0.15, 0.2) is 11.6 Å². The van der Waals surface area contributed by atoms with E-state index in [2.05, 4.69) is 0 Å². The van der Waals surface area contributed by atoms with Gasteiger partial charge in [-0.3, -0.25) is 0 Å². The molecule has 0 aliphatic carbocycles. The largest absolute Gasteiger partial charge is 0.491 e. The molecule has 4 N–H and O–H groups in total. The van der Waals surface area contributed by atoms with Crippen molar-refractivity contribution in [3.05, 3.63) is 23.8 Å². The molecular formula is C6H6B2F2O4. The Balaban J connectivity index is 3.28. The van der Waals surface area contributed by atoms with Gasteiger partial charge >= 0.3 is 14.2 Å². The summed E-state index contributed by atoms with van der Waals surface area (Å²) in [5, 5.41) is 34.5. The van der Waals surface area contributed by atoms with Crippen molar-refractivity contribution in [1.29, 1.82) is 0 Å². The average Bonchev–Trinajstić information content (AvgIpc) is 2.08. The first-order valence-electron chi connectivity index (χ1n) is 3.64. The molecule has 0 fully saturated rings. The number of hydrogen-bond donors (Lipinski definition) is 4. The fourth-order valence-corrected chi connectivity index (χ4v) is 0.969. The summed E-state index contributed by atoms with van der Waals surface area (Å²) in [6.45, 7) is 0. The van der Waals surface area contributed by atoms with Crippen LogP contribution in [0.3, 0.4) is 0 Å². The van der Waals surface area contributed by atoms with Crippen LogP contribution < -0.4 is 10.9 Å². The minimum Gasteiger partial charge on any atom is -0.423 e. The molecule has 0 unspecified atom stereocenters. The predicted octanol–water partition coefficient (Wildman–Crippen LogP) is -2.68. The van der Waals surface area contributed by atoms with Crippen molar-refractivity contribution in [2.24, 2.45) is 0 Å². The molecule has 1 aromatic rings. The van der Waals surface area contributed by atoms with Crippen molar-refractivity contribution in [1.82, 2.24) is 0 Å². The van der Waals surface area contributed by atoms with Gasteiger partial charge in [0.05, 0.1) is 0 Å². The van der Waals surface area contributed by atoms with E-state index in [1.807, 2.05) is 0 Å². The standard InChI is InChI=1S/C6H6B2F2O4/c9-5-2-3(7(11)12)1-4(6(5)10)8(13)14/h1-2,11-14H. The minimum atomic E-state index is -2.21. The van der Waals surface area contributed by atoms with Crippen molar-refractivity contribution in [2.75, 3.05) is 0 Å². The monoisotopic (exact) mass is 202 g/mol. The van der Waals surface area contributed by atoms with Crippen molar-refractivity contribution >= 4 is 25.2 Å². The first kappa shape index (κ1) is 11.1. The summed E-state index contributed by atoms with van der Waals surface area (Å²) in [5.74, 6) is -2.80. The van der Waals surface area contributed by atoms with Gasteiger partial charge in [0.25, 0.3) is 0 Å². The van der Waals surface area contributed by atoms with Crippen molar-refractivity contribution in [2.45, 2.75) is 0 Å². The molecule has 14 heavy (non-hydrogen) atoms. The van der Waals surface area contributed by atoms with E-state index in [0.29, 0.717) is 6.07 Å². The summed E-state index contributed by atoms with van der Waals surface area (Å²) < 4.78 is 25.6. The molecule has 8 heteroatoms. The Labute approximate surface area is 78.7 Å². The van der Waals surface area contributed by atoms with E-state index >= 15 is 0 Å². The third kappa shape index (κ3) is 2.10. The second-order valence-corrected chi connectivity index (χ2v) is 2.65. The van der Waals surface area contributed by atoms with Gasteiger partial charge in [-0.15, -0.1) is 0 Å². The minimum absolute atomic E-state index is 0.355. The van der Waals surface area contributed by atoms with Crippen molar-refractivity contribution in [3.63, 3.8) is 0 Å². The molecule has 0 amide bonds. The summed E-state index contributed by atoms with van der Waals surface area (Å²) in [4.78, 5) is 0. The molecular weight excluding hydrogens is 196 g/mol. The first-order chi connectivity index (χ1) is 6.43. The lowest BCUT2D eigenvalue weighted by Crippen LogP contribution is -2.40. The second kappa shape index (κ2) is 4.05. The Morgan fingerprint density at radius 1 is 0.929 bits per heavy atom. The van der Waals surface area contributed by atoms with Gasteiger partial charge in [0, 0.05) is 5.46 Å². The zero-order chi connectivity index (χ0) is 10.9. The van der Waals surface area contributed by atoms with Gasteiger partial charge in [-0.1, -0.05) is 6.07 Å². The highest BCUT2D eigenvalue weighted by Crippen LogP contribution is 2.01. The zero-order valence-electron chi connectivity index (χ0n) is 6.85. The van der Waals surface area contributed by atoms with Crippen LogP contribution in [0.25, 0.3) is 0 Å². The lowest BCUT2D eigenvalue weighted by molar-refractivity contribution is 0.419. The molecule has 0 atom stereocenters. The van der Waals surface area contributed by atoms with E-state index in [4.69, 9.17) is 20.1 Å². The van der Waals surface area contributed by atoms with E-state index in [1.54, 1.807) is 0 Å². The molecule has 0 saturated heterocycles. The van der Waals surface area contributed by atoms with Crippen LogP contribution in [-0.2, 0) is 0 Å². The molecule has 4 nitrogen and oxygen atoms in total. The maximum absolute atomic E-state index is 12.8. The topological polar surface area (TPSA) is 80.9 Å². The molecule has 1 rings (SSSR count). The Bertz CT molecular complexity index is 345. The lowest BCUT2D eigenvalue weighted by Gasteiger charge is -2.06. The molecule has 0 aromatic heterocycles. The lowest BCUT2D eigenvalue weighted by atomic mass is 9.72. The van der Waals surface area contributed by atoms with Crippen LogP contribution in [0.15, 0.2) is 12.1 Å². The predicted molar refractivity (Wildman–Crippen MR) is 46.0 cm³/mol. The number of hydrogen-bond acceptors (Lipinski definition) is 4. The zero-order valence-corrected chi connectivity index (χ0v) is 6.85. The van der Waals surface area contributed by atoms with Gasteiger partial charge in [0.2, 0.25) is 0 Å². The highest BCUT2D eigenvalue weighted by atomic mass is 19.2. The summed E-state index contributed by atoms with van der Waals surface area (Å²) in [6, 6.07) is 1.32. The molecule has 74 valence electrons. The molecule has 0 spiro atoms. The highest BCUT2D eigenvalue weighted by molar-refractivity contribution is 6.62. The van der Waals surface area contributed by atoms with E-state index < -0.39 is 31.3 Å². The molecule has 0 aliphatic heterocycles. The highest BCUT2D eigenvalue weighted by Gasteiger charge is 2.23. The summed E-state index contributed by atoms with van der Waals surface area (Å²) in [7, 11) is -4.20. The summed E-state index contributed by atoms with van der Waals surface area (Å²) in [6.07, 6.45) is 0. The number of halogens is 2. The first-order valence-corrected chi connectivity index (χ1v) is 3.64. The Morgan fingerprint density at radius 3 is 1.93 bits per heavy atom. The smallest absolute Gasteiger partial charge is 0.423 e. The van der Waals surface area contributed by atoms with E-state index in [1.165, 1.54) is 0 Å². The van der Waals surface area contributed by atoms with E-state index in [0.717, 1.165) is 6.07 Å². The van der Waals surface area contributed by atoms with Crippen LogP contribution in [0.2, 0.25) is 0 Å². The third-order valence-electron chi connectivity index (χ3n) is 1.66. The molecule has 0 saturated carbocycles. The van der Waals surface area contributed by atoms with Crippen LogP contribution in [0, 0.1) is 11.6 Å².